The fraction of sp³-hybridized carbons (Fsp3) is 0.412. The molecule has 0 atom stereocenters. The van der Waals surface area contributed by atoms with E-state index in [2.05, 4.69) is 15.5 Å². The zero-order chi connectivity index (χ0) is 18.7. The van der Waals surface area contributed by atoms with Crippen molar-refractivity contribution >= 4 is 35.0 Å². The van der Waals surface area contributed by atoms with E-state index in [1.165, 1.54) is 0 Å². The van der Waals surface area contributed by atoms with Crippen molar-refractivity contribution < 1.29 is 14.1 Å². The Labute approximate surface area is 160 Å². The molecule has 3 rings (SSSR count). The van der Waals surface area contributed by atoms with Crippen molar-refractivity contribution in [1.82, 2.24) is 20.4 Å². The van der Waals surface area contributed by atoms with Gasteiger partial charge in [-0.3, -0.25) is 9.59 Å². The maximum atomic E-state index is 12.6. The van der Waals surface area contributed by atoms with Crippen LogP contribution < -0.4 is 5.32 Å². The van der Waals surface area contributed by atoms with Gasteiger partial charge in [0.1, 0.15) is 0 Å². The lowest BCUT2D eigenvalue weighted by Gasteiger charge is -2.31. The molecule has 0 unspecified atom stereocenters. The molecule has 0 aliphatic carbocycles. The smallest absolute Gasteiger partial charge is 0.255 e. The van der Waals surface area contributed by atoms with E-state index < -0.39 is 0 Å². The molecule has 2 amide bonds. The molecular weight excluding hydrogens is 379 g/mol. The summed E-state index contributed by atoms with van der Waals surface area (Å²) in [6.07, 6.45) is 1.18. The number of nitrogens with zero attached hydrogens (tertiary/aromatic N) is 3. The van der Waals surface area contributed by atoms with E-state index in [0.717, 1.165) is 0 Å². The molecule has 0 saturated carbocycles. The number of halogens is 2. The summed E-state index contributed by atoms with van der Waals surface area (Å²) in [5, 5.41) is 7.29. The van der Waals surface area contributed by atoms with Crippen LogP contribution in [0.3, 0.4) is 0 Å². The molecule has 1 aromatic heterocycles. The zero-order valence-corrected chi connectivity index (χ0v) is 15.7. The summed E-state index contributed by atoms with van der Waals surface area (Å²) < 4.78 is 4.97. The van der Waals surface area contributed by atoms with Crippen LogP contribution in [0.2, 0.25) is 10.0 Å². The number of aryl methyl sites for hydroxylation is 1. The topological polar surface area (TPSA) is 88.3 Å². The highest BCUT2D eigenvalue weighted by atomic mass is 35.5. The fourth-order valence-corrected chi connectivity index (χ4v) is 3.39. The molecule has 9 heteroatoms. The van der Waals surface area contributed by atoms with E-state index in [4.69, 9.17) is 27.7 Å². The Morgan fingerprint density at radius 2 is 2.04 bits per heavy atom. The van der Waals surface area contributed by atoms with Gasteiger partial charge in [0.25, 0.3) is 5.91 Å². The van der Waals surface area contributed by atoms with Gasteiger partial charge in [-0.15, -0.1) is 0 Å². The molecule has 1 N–H and O–H groups in total. The Balaban J connectivity index is 1.51. The van der Waals surface area contributed by atoms with Crippen LogP contribution in [0.25, 0.3) is 0 Å². The Hall–Kier alpha value is -2.12. The molecule has 1 fully saturated rings. The maximum Gasteiger partial charge on any atom is 0.255 e. The van der Waals surface area contributed by atoms with E-state index in [-0.39, 0.29) is 24.3 Å². The van der Waals surface area contributed by atoms with Gasteiger partial charge in [-0.2, -0.15) is 4.98 Å². The number of aromatic nitrogens is 2. The number of amides is 2. The van der Waals surface area contributed by atoms with Crippen LogP contribution in [-0.2, 0) is 11.3 Å². The Morgan fingerprint density at radius 3 is 2.65 bits per heavy atom. The zero-order valence-electron chi connectivity index (χ0n) is 14.2. The summed E-state index contributed by atoms with van der Waals surface area (Å²) in [6.45, 7) is 2.92. The predicted molar refractivity (Wildman–Crippen MR) is 96.0 cm³/mol. The molecule has 1 saturated heterocycles. The molecule has 0 radical (unpaired) electrons. The van der Waals surface area contributed by atoms with Gasteiger partial charge >= 0.3 is 0 Å². The minimum absolute atomic E-state index is 0.0718. The third kappa shape index (κ3) is 4.34. The lowest BCUT2D eigenvalue weighted by Crippen LogP contribution is -2.43. The van der Waals surface area contributed by atoms with E-state index in [0.29, 0.717) is 53.3 Å². The van der Waals surface area contributed by atoms with Crippen LogP contribution in [0.4, 0.5) is 0 Å². The van der Waals surface area contributed by atoms with Gasteiger partial charge in [-0.05, 0) is 38.0 Å². The Kier molecular flexibility index (Phi) is 5.78. The lowest BCUT2D eigenvalue weighted by molar-refractivity contribution is -0.126. The average Bonchev–Trinajstić information content (AvgIpc) is 3.04. The molecule has 0 bridgehead atoms. The third-order valence-corrected chi connectivity index (χ3v) is 4.85. The largest absolute Gasteiger partial charge is 0.347 e. The summed E-state index contributed by atoms with van der Waals surface area (Å²) in [7, 11) is 0. The van der Waals surface area contributed by atoms with Crippen LogP contribution in [0.15, 0.2) is 22.7 Å². The first-order valence-electron chi connectivity index (χ1n) is 8.25. The normalized spacial score (nSPS) is 15.1. The first kappa shape index (κ1) is 18.7. The van der Waals surface area contributed by atoms with E-state index in [1.807, 2.05) is 0 Å². The first-order chi connectivity index (χ1) is 12.4. The third-order valence-electron chi connectivity index (χ3n) is 4.30. The van der Waals surface area contributed by atoms with Gasteiger partial charge in [0.15, 0.2) is 5.82 Å². The monoisotopic (exact) mass is 396 g/mol. The molecule has 7 nitrogen and oxygen atoms in total. The second-order valence-electron chi connectivity index (χ2n) is 6.14. The van der Waals surface area contributed by atoms with E-state index in [1.54, 1.807) is 30.0 Å². The van der Waals surface area contributed by atoms with Crippen LogP contribution in [0, 0.1) is 12.8 Å². The van der Waals surface area contributed by atoms with Crippen molar-refractivity contribution in [2.75, 3.05) is 13.1 Å². The molecule has 26 heavy (non-hydrogen) atoms. The summed E-state index contributed by atoms with van der Waals surface area (Å²) in [5.41, 5.74) is 0.422. The highest BCUT2D eigenvalue weighted by molar-refractivity contribution is 6.36. The SMILES string of the molecule is Cc1noc(CNC(=O)C2CCN(C(=O)c3ccc(Cl)cc3Cl)CC2)n1. The molecule has 138 valence electrons. The highest BCUT2D eigenvalue weighted by Crippen LogP contribution is 2.25. The lowest BCUT2D eigenvalue weighted by atomic mass is 9.95. The molecule has 1 aliphatic rings. The Bertz CT molecular complexity index is 816. The number of hydrogen-bond donors (Lipinski definition) is 1. The first-order valence-corrected chi connectivity index (χ1v) is 9.01. The molecule has 2 heterocycles. The molecular formula is C17H18Cl2N4O3. The molecule has 0 spiro atoms. The number of carbonyl (C=O) groups is 2. The van der Waals surface area contributed by atoms with Crippen molar-refractivity contribution in [2.24, 2.45) is 5.92 Å². The average molecular weight is 397 g/mol. The van der Waals surface area contributed by atoms with Crippen molar-refractivity contribution in [3.05, 3.63) is 45.5 Å². The van der Waals surface area contributed by atoms with E-state index in [9.17, 15) is 9.59 Å². The predicted octanol–water partition coefficient (Wildman–Crippen LogP) is 2.85. The number of benzene rings is 1. The number of rotatable bonds is 4. The quantitative estimate of drug-likeness (QED) is 0.857. The van der Waals surface area contributed by atoms with Gasteiger partial charge in [0, 0.05) is 24.0 Å². The minimum atomic E-state index is -0.149. The van der Waals surface area contributed by atoms with Gasteiger partial charge in [-0.25, -0.2) is 0 Å². The maximum absolute atomic E-state index is 12.6. The standard InChI is InChI=1S/C17H18Cl2N4O3/c1-10-21-15(26-22-10)9-20-16(24)11-4-6-23(7-5-11)17(25)13-3-2-12(18)8-14(13)19/h2-3,8,11H,4-7,9H2,1H3,(H,20,24). The minimum Gasteiger partial charge on any atom is -0.347 e. The van der Waals surface area contributed by atoms with Crippen molar-refractivity contribution in [1.29, 1.82) is 0 Å². The van der Waals surface area contributed by atoms with Gasteiger partial charge < -0.3 is 14.7 Å². The number of piperidine rings is 1. The van der Waals surface area contributed by atoms with Gasteiger partial charge in [0.2, 0.25) is 11.8 Å². The highest BCUT2D eigenvalue weighted by Gasteiger charge is 2.28. The van der Waals surface area contributed by atoms with Crippen molar-refractivity contribution in [3.63, 3.8) is 0 Å². The van der Waals surface area contributed by atoms with Gasteiger partial charge in [-0.1, -0.05) is 28.4 Å². The molecule has 1 aliphatic heterocycles. The number of carbonyl (C=O) groups excluding carboxylic acids is 2. The van der Waals surface area contributed by atoms with Crippen LogP contribution in [-0.4, -0.2) is 39.9 Å². The number of hydrogen-bond acceptors (Lipinski definition) is 5. The second kappa shape index (κ2) is 8.05. The summed E-state index contributed by atoms with van der Waals surface area (Å²) >= 11 is 12.0. The molecule has 1 aromatic carbocycles. The van der Waals surface area contributed by atoms with Gasteiger partial charge in [0.05, 0.1) is 17.1 Å². The summed E-state index contributed by atoms with van der Waals surface area (Å²) in [5.74, 6) is 0.538. The van der Waals surface area contributed by atoms with Crippen molar-refractivity contribution in [3.8, 4) is 0 Å². The van der Waals surface area contributed by atoms with E-state index >= 15 is 0 Å². The second-order valence-corrected chi connectivity index (χ2v) is 6.99. The van der Waals surface area contributed by atoms with Crippen molar-refractivity contribution in [2.45, 2.75) is 26.3 Å². The van der Waals surface area contributed by atoms with Crippen LogP contribution >= 0.6 is 23.2 Å². The number of nitrogens with one attached hydrogen (secondary N) is 1. The van der Waals surface area contributed by atoms with Crippen LogP contribution in [0.5, 0.6) is 0 Å². The number of likely N-dealkylation sites (tertiary alicyclic amines) is 1. The van der Waals surface area contributed by atoms with Crippen LogP contribution in [0.1, 0.15) is 34.9 Å². The Morgan fingerprint density at radius 1 is 1.31 bits per heavy atom. The molecule has 2 aromatic rings. The fourth-order valence-electron chi connectivity index (χ4n) is 2.90. The summed E-state index contributed by atoms with van der Waals surface area (Å²) in [4.78, 5) is 30.6. The summed E-state index contributed by atoms with van der Waals surface area (Å²) in [6, 6.07) is 4.81.